The molecule has 8 heteroatoms. The van der Waals surface area contributed by atoms with E-state index in [9.17, 15) is 0 Å². The number of nitrogens with zero attached hydrogens (tertiary/aromatic N) is 7. The summed E-state index contributed by atoms with van der Waals surface area (Å²) in [6.45, 7) is 3.01. The Morgan fingerprint density at radius 3 is 3.05 bits per heavy atom. The average molecular weight is 289 g/mol. The van der Waals surface area contributed by atoms with E-state index in [0.717, 1.165) is 36.0 Å². The van der Waals surface area contributed by atoms with Crippen LogP contribution in [0.15, 0.2) is 29.6 Å². The molecule has 3 aromatic rings. The molecule has 20 heavy (non-hydrogen) atoms. The molecule has 0 atom stereocenters. The molecule has 0 aliphatic carbocycles. The molecule has 0 spiro atoms. The molecule has 0 saturated carbocycles. The van der Waals surface area contributed by atoms with Crippen molar-refractivity contribution < 1.29 is 0 Å². The van der Waals surface area contributed by atoms with Crippen LogP contribution in [0, 0.1) is 0 Å². The summed E-state index contributed by atoms with van der Waals surface area (Å²) in [6.07, 6.45) is 4.16. The smallest absolute Gasteiger partial charge is 0.196 e. The van der Waals surface area contributed by atoms with Crippen molar-refractivity contribution >= 4 is 17.4 Å². The van der Waals surface area contributed by atoms with Gasteiger partial charge in [-0.25, -0.2) is 4.68 Å². The van der Waals surface area contributed by atoms with E-state index >= 15 is 0 Å². The Morgan fingerprint density at radius 1 is 1.20 bits per heavy atom. The van der Waals surface area contributed by atoms with E-state index in [2.05, 4.69) is 32.6 Å². The van der Waals surface area contributed by atoms with Gasteiger partial charge in [0, 0.05) is 12.7 Å². The van der Waals surface area contributed by atoms with Crippen molar-refractivity contribution in [3.63, 3.8) is 0 Å². The highest BCUT2D eigenvalue weighted by atomic mass is 32.2. The highest BCUT2D eigenvalue weighted by Crippen LogP contribution is 2.20. The molecule has 0 unspecified atom stereocenters. The van der Waals surface area contributed by atoms with E-state index in [-0.39, 0.29) is 0 Å². The van der Waals surface area contributed by atoms with Crippen LogP contribution in [-0.2, 0) is 12.3 Å². The SMILES string of the molecule is CCCCn1nnnc1CSc1nnc2ccccn12. The largest absolute Gasteiger partial charge is 0.277 e. The molecular formula is C12H15N7S. The van der Waals surface area contributed by atoms with Gasteiger partial charge in [0.2, 0.25) is 0 Å². The number of aromatic nitrogens is 7. The van der Waals surface area contributed by atoms with E-state index in [1.807, 2.05) is 33.5 Å². The van der Waals surface area contributed by atoms with E-state index in [4.69, 9.17) is 0 Å². The van der Waals surface area contributed by atoms with Gasteiger partial charge in [0.25, 0.3) is 0 Å². The third-order valence-electron chi connectivity index (χ3n) is 2.94. The van der Waals surface area contributed by atoms with Crippen LogP contribution in [-0.4, -0.2) is 34.8 Å². The molecule has 7 nitrogen and oxygen atoms in total. The molecule has 0 aliphatic rings. The van der Waals surface area contributed by atoms with Crippen LogP contribution >= 0.6 is 11.8 Å². The number of pyridine rings is 1. The lowest BCUT2D eigenvalue weighted by atomic mass is 10.3. The van der Waals surface area contributed by atoms with Gasteiger partial charge in [-0.15, -0.1) is 15.3 Å². The number of fused-ring (bicyclic) bond motifs is 1. The molecule has 3 heterocycles. The average Bonchev–Trinajstić information content (AvgIpc) is 3.09. The molecule has 104 valence electrons. The highest BCUT2D eigenvalue weighted by molar-refractivity contribution is 7.98. The number of thioether (sulfide) groups is 1. The maximum absolute atomic E-state index is 4.18. The fourth-order valence-electron chi connectivity index (χ4n) is 1.86. The van der Waals surface area contributed by atoms with Gasteiger partial charge in [0.05, 0.1) is 5.75 Å². The topological polar surface area (TPSA) is 73.8 Å². The van der Waals surface area contributed by atoms with Gasteiger partial charge < -0.3 is 0 Å². The fourth-order valence-corrected chi connectivity index (χ4v) is 2.71. The summed E-state index contributed by atoms with van der Waals surface area (Å²) >= 11 is 1.59. The minimum Gasteiger partial charge on any atom is -0.277 e. The molecule has 3 aromatic heterocycles. The van der Waals surface area contributed by atoms with Gasteiger partial charge in [0.15, 0.2) is 16.6 Å². The van der Waals surface area contributed by atoms with Gasteiger partial charge >= 0.3 is 0 Å². The fraction of sp³-hybridized carbons (Fsp3) is 0.417. The first-order valence-electron chi connectivity index (χ1n) is 6.56. The number of tetrazole rings is 1. The molecule has 0 bridgehead atoms. The molecule has 0 aliphatic heterocycles. The Balaban J connectivity index is 1.72. The van der Waals surface area contributed by atoms with Gasteiger partial charge in [-0.1, -0.05) is 31.2 Å². The van der Waals surface area contributed by atoms with E-state index < -0.39 is 0 Å². The zero-order chi connectivity index (χ0) is 13.8. The van der Waals surface area contributed by atoms with E-state index in [1.54, 1.807) is 11.8 Å². The van der Waals surface area contributed by atoms with Crippen LogP contribution in [0.2, 0.25) is 0 Å². The number of unbranched alkanes of at least 4 members (excludes halogenated alkanes) is 1. The number of hydrogen-bond acceptors (Lipinski definition) is 6. The monoisotopic (exact) mass is 289 g/mol. The zero-order valence-corrected chi connectivity index (χ0v) is 12.0. The molecule has 3 rings (SSSR count). The standard InChI is InChI=1S/C12H15N7S/c1-2-3-8-19-11(14-16-17-19)9-20-12-15-13-10-6-4-5-7-18(10)12/h4-7H,2-3,8-9H2,1H3. The van der Waals surface area contributed by atoms with Crippen LogP contribution in [0.4, 0.5) is 0 Å². The van der Waals surface area contributed by atoms with Crippen LogP contribution in [0.1, 0.15) is 25.6 Å². The number of aryl methyl sites for hydroxylation is 1. The van der Waals surface area contributed by atoms with Crippen molar-refractivity contribution in [1.29, 1.82) is 0 Å². The molecule has 0 N–H and O–H groups in total. The summed E-state index contributed by atoms with van der Waals surface area (Å²) in [5, 5.41) is 21.0. The van der Waals surface area contributed by atoms with Gasteiger partial charge in [0.1, 0.15) is 0 Å². The Hall–Kier alpha value is -1.96. The van der Waals surface area contributed by atoms with Crippen molar-refractivity contribution in [2.45, 2.75) is 37.2 Å². The van der Waals surface area contributed by atoms with Gasteiger partial charge in [-0.3, -0.25) is 4.40 Å². The molecule has 0 saturated heterocycles. The lowest BCUT2D eigenvalue weighted by Crippen LogP contribution is -2.05. The van der Waals surface area contributed by atoms with Crippen molar-refractivity contribution in [3.8, 4) is 0 Å². The second kappa shape index (κ2) is 6.00. The quantitative estimate of drug-likeness (QED) is 0.644. The van der Waals surface area contributed by atoms with Gasteiger partial charge in [-0.05, 0) is 29.0 Å². The summed E-state index contributed by atoms with van der Waals surface area (Å²) in [7, 11) is 0. The van der Waals surface area contributed by atoms with Crippen LogP contribution in [0.3, 0.4) is 0 Å². The normalized spacial score (nSPS) is 11.2. The summed E-state index contributed by atoms with van der Waals surface area (Å²) in [4.78, 5) is 0. The molecule has 0 radical (unpaired) electrons. The Labute approximate surface area is 120 Å². The zero-order valence-electron chi connectivity index (χ0n) is 11.2. The number of hydrogen-bond donors (Lipinski definition) is 0. The van der Waals surface area contributed by atoms with Gasteiger partial charge in [-0.2, -0.15) is 0 Å². The minimum atomic E-state index is 0.687. The number of rotatable bonds is 6. The second-order valence-electron chi connectivity index (χ2n) is 4.37. The van der Waals surface area contributed by atoms with Crippen LogP contribution < -0.4 is 0 Å². The third-order valence-corrected chi connectivity index (χ3v) is 3.88. The second-order valence-corrected chi connectivity index (χ2v) is 5.31. The molecule has 0 aromatic carbocycles. The first kappa shape index (κ1) is 13.0. The van der Waals surface area contributed by atoms with Crippen molar-refractivity contribution in [1.82, 2.24) is 34.8 Å². The predicted octanol–water partition coefficient (Wildman–Crippen LogP) is 1.81. The molecule has 0 amide bonds. The first-order valence-corrected chi connectivity index (χ1v) is 7.54. The summed E-state index contributed by atoms with van der Waals surface area (Å²) in [5.74, 6) is 1.56. The molecular weight excluding hydrogens is 274 g/mol. The minimum absolute atomic E-state index is 0.687. The van der Waals surface area contributed by atoms with E-state index in [0.29, 0.717) is 5.75 Å². The predicted molar refractivity (Wildman–Crippen MR) is 75.3 cm³/mol. The Bertz CT molecular complexity index is 690. The maximum atomic E-state index is 4.18. The lowest BCUT2D eigenvalue weighted by Gasteiger charge is -2.02. The van der Waals surface area contributed by atoms with Crippen LogP contribution in [0.5, 0.6) is 0 Å². The lowest BCUT2D eigenvalue weighted by molar-refractivity contribution is 0.540. The summed E-state index contributed by atoms with van der Waals surface area (Å²) < 4.78 is 3.82. The van der Waals surface area contributed by atoms with Crippen molar-refractivity contribution in [2.75, 3.05) is 0 Å². The Morgan fingerprint density at radius 2 is 2.15 bits per heavy atom. The van der Waals surface area contributed by atoms with Crippen molar-refractivity contribution in [3.05, 3.63) is 30.2 Å². The summed E-state index contributed by atoms with van der Waals surface area (Å²) in [5.41, 5.74) is 0.848. The third kappa shape index (κ3) is 2.64. The first-order chi connectivity index (χ1) is 9.88. The maximum Gasteiger partial charge on any atom is 0.196 e. The summed E-state index contributed by atoms with van der Waals surface area (Å²) in [6, 6.07) is 5.85. The van der Waals surface area contributed by atoms with Crippen molar-refractivity contribution in [2.24, 2.45) is 0 Å². The highest BCUT2D eigenvalue weighted by Gasteiger charge is 2.10. The van der Waals surface area contributed by atoms with E-state index in [1.165, 1.54) is 0 Å². The molecule has 0 fully saturated rings. The Kier molecular flexibility index (Phi) is 3.91. The van der Waals surface area contributed by atoms with Crippen LogP contribution in [0.25, 0.3) is 5.65 Å².